The zero-order valence-electron chi connectivity index (χ0n) is 11.1. The number of fused-ring (bicyclic) bond motifs is 3. The molecule has 3 aromatic rings. The minimum Gasteiger partial charge on any atom is -0.452 e. The van der Waals surface area contributed by atoms with Crippen LogP contribution in [0.15, 0.2) is 71.8 Å². The minimum atomic E-state index is 1.10. The third-order valence-electron chi connectivity index (χ3n) is 3.05. The first-order valence-electron chi connectivity index (χ1n) is 6.27. The highest BCUT2D eigenvalue weighted by Crippen LogP contribution is 2.35. The molecule has 0 unspecified atom stereocenters. The van der Waals surface area contributed by atoms with Gasteiger partial charge in [0.15, 0.2) is 6.39 Å². The number of rotatable bonds is 0. The molecule has 2 aromatic carbocycles. The Balaban J connectivity index is 0.000000177. The minimum absolute atomic E-state index is 1.10. The molecular formula is C16H17N3O. The van der Waals surface area contributed by atoms with Crippen molar-refractivity contribution in [1.29, 1.82) is 0 Å². The van der Waals surface area contributed by atoms with E-state index in [1.807, 2.05) is 0 Å². The fourth-order valence-electron chi connectivity index (χ4n) is 2.26. The van der Waals surface area contributed by atoms with Crippen molar-refractivity contribution >= 4 is 0 Å². The number of aromatic nitrogens is 1. The first-order valence-corrected chi connectivity index (χ1v) is 6.27. The van der Waals surface area contributed by atoms with Crippen LogP contribution in [0.4, 0.5) is 0 Å². The highest BCUT2D eigenvalue weighted by Gasteiger charge is 2.15. The maximum atomic E-state index is 4.47. The van der Waals surface area contributed by atoms with Crippen LogP contribution in [0.5, 0.6) is 0 Å². The number of hydrogen-bond donors (Lipinski definition) is 2. The van der Waals surface area contributed by atoms with E-state index in [2.05, 4.69) is 69.6 Å². The van der Waals surface area contributed by atoms with Crippen molar-refractivity contribution in [2.45, 2.75) is 6.42 Å². The molecule has 4 N–H and O–H groups in total. The molecule has 102 valence electrons. The molecule has 0 saturated carbocycles. The van der Waals surface area contributed by atoms with E-state index in [-0.39, 0.29) is 0 Å². The third kappa shape index (κ3) is 3.12. The van der Waals surface area contributed by atoms with E-state index >= 15 is 0 Å². The molecule has 20 heavy (non-hydrogen) atoms. The summed E-state index contributed by atoms with van der Waals surface area (Å²) in [4.78, 5) is 3.56. The van der Waals surface area contributed by atoms with Crippen molar-refractivity contribution in [3.63, 3.8) is 0 Å². The van der Waals surface area contributed by atoms with Crippen LogP contribution in [0, 0.1) is 0 Å². The summed E-state index contributed by atoms with van der Waals surface area (Å²) in [7, 11) is 0. The van der Waals surface area contributed by atoms with Crippen LogP contribution < -0.4 is 11.7 Å². The van der Waals surface area contributed by atoms with Gasteiger partial charge < -0.3 is 4.42 Å². The van der Waals surface area contributed by atoms with Gasteiger partial charge in [-0.1, -0.05) is 48.5 Å². The summed E-state index contributed by atoms with van der Waals surface area (Å²) in [5.74, 6) is 8.00. The Morgan fingerprint density at radius 1 is 0.850 bits per heavy atom. The Bertz CT molecular complexity index is 575. The second-order valence-electron chi connectivity index (χ2n) is 4.17. The Labute approximate surface area is 118 Å². The monoisotopic (exact) mass is 267 g/mol. The summed E-state index contributed by atoms with van der Waals surface area (Å²) >= 11 is 0. The number of hydrazine groups is 1. The van der Waals surface area contributed by atoms with Gasteiger partial charge in [-0.25, -0.2) is 4.98 Å². The van der Waals surface area contributed by atoms with Crippen LogP contribution in [-0.2, 0) is 6.42 Å². The predicted octanol–water partition coefficient (Wildman–Crippen LogP) is 2.75. The lowest BCUT2D eigenvalue weighted by molar-refractivity contribution is 0.558. The second-order valence-corrected chi connectivity index (χ2v) is 4.17. The van der Waals surface area contributed by atoms with Crippen molar-refractivity contribution in [3.05, 3.63) is 78.5 Å². The second kappa shape index (κ2) is 7.23. The fraction of sp³-hybridized carbons (Fsp3) is 0.0625. The molecule has 0 amide bonds. The van der Waals surface area contributed by atoms with Crippen molar-refractivity contribution in [3.8, 4) is 11.1 Å². The summed E-state index contributed by atoms with van der Waals surface area (Å²) in [6, 6.07) is 17.3. The largest absolute Gasteiger partial charge is 0.452 e. The topological polar surface area (TPSA) is 78.1 Å². The molecular weight excluding hydrogens is 250 g/mol. The summed E-state index contributed by atoms with van der Waals surface area (Å²) < 4.78 is 4.47. The summed E-state index contributed by atoms with van der Waals surface area (Å²) in [6.45, 7) is 0. The molecule has 4 heteroatoms. The SMILES string of the molecule is NN.c1ccc2c(c1)Cc1ccccc1-2.c1cocn1. The van der Waals surface area contributed by atoms with Crippen molar-refractivity contribution < 1.29 is 4.42 Å². The van der Waals surface area contributed by atoms with E-state index in [0.29, 0.717) is 0 Å². The highest BCUT2D eigenvalue weighted by atomic mass is 16.3. The van der Waals surface area contributed by atoms with Gasteiger partial charge in [-0.2, -0.15) is 0 Å². The van der Waals surface area contributed by atoms with Gasteiger partial charge in [-0.3, -0.25) is 11.7 Å². The molecule has 0 bridgehead atoms. The van der Waals surface area contributed by atoms with Gasteiger partial charge in [0.25, 0.3) is 0 Å². The highest BCUT2D eigenvalue weighted by molar-refractivity contribution is 5.76. The molecule has 1 aliphatic rings. The number of benzene rings is 2. The van der Waals surface area contributed by atoms with Crippen LogP contribution in [-0.4, -0.2) is 4.98 Å². The zero-order valence-corrected chi connectivity index (χ0v) is 11.1. The van der Waals surface area contributed by atoms with Gasteiger partial charge in [0.05, 0.1) is 6.20 Å². The van der Waals surface area contributed by atoms with Gasteiger partial charge in [0, 0.05) is 0 Å². The molecule has 1 aliphatic carbocycles. The Hall–Kier alpha value is -2.43. The number of oxazole rings is 1. The summed E-state index contributed by atoms with van der Waals surface area (Å²) in [6.07, 6.45) is 5.58. The molecule has 1 heterocycles. The Morgan fingerprint density at radius 2 is 1.40 bits per heavy atom. The predicted molar refractivity (Wildman–Crippen MR) is 79.6 cm³/mol. The number of nitrogens with two attached hydrogens (primary N) is 2. The van der Waals surface area contributed by atoms with E-state index in [0.717, 1.165) is 6.42 Å². The standard InChI is InChI=1S/C13H10.C3H3NO.H4N2/c1-3-7-12-10(5-1)9-11-6-2-4-8-13(11)12;1-2-5-3-4-1;1-2/h1-8H,9H2;1-3H;1-2H2. The molecule has 1 aromatic heterocycles. The first kappa shape index (κ1) is 14.0. The molecule has 0 spiro atoms. The maximum absolute atomic E-state index is 4.47. The van der Waals surface area contributed by atoms with Gasteiger partial charge in [0.1, 0.15) is 6.26 Å². The van der Waals surface area contributed by atoms with E-state index in [4.69, 9.17) is 0 Å². The Morgan fingerprint density at radius 3 is 1.80 bits per heavy atom. The molecule has 0 saturated heterocycles. The number of nitrogens with zero attached hydrogens (tertiary/aromatic N) is 1. The van der Waals surface area contributed by atoms with Crippen molar-refractivity contribution in [2.75, 3.05) is 0 Å². The molecule has 4 nitrogen and oxygen atoms in total. The van der Waals surface area contributed by atoms with Crippen molar-refractivity contribution in [1.82, 2.24) is 4.98 Å². The third-order valence-corrected chi connectivity index (χ3v) is 3.05. The van der Waals surface area contributed by atoms with Gasteiger partial charge in [-0.15, -0.1) is 0 Å². The smallest absolute Gasteiger partial charge is 0.180 e. The average Bonchev–Trinajstić information content (AvgIpc) is 3.20. The lowest BCUT2D eigenvalue weighted by atomic mass is 10.1. The quantitative estimate of drug-likeness (QED) is 0.379. The Kier molecular flexibility index (Phi) is 5.06. The van der Waals surface area contributed by atoms with Crippen LogP contribution in [0.1, 0.15) is 11.1 Å². The average molecular weight is 267 g/mol. The maximum Gasteiger partial charge on any atom is 0.180 e. The van der Waals surface area contributed by atoms with E-state index in [1.165, 1.54) is 34.9 Å². The van der Waals surface area contributed by atoms with Gasteiger partial charge in [0.2, 0.25) is 0 Å². The van der Waals surface area contributed by atoms with Crippen LogP contribution in [0.3, 0.4) is 0 Å². The van der Waals surface area contributed by atoms with Gasteiger partial charge in [-0.05, 0) is 28.7 Å². The molecule has 0 fully saturated rings. The molecule has 0 aliphatic heterocycles. The molecule has 4 rings (SSSR count). The molecule has 0 radical (unpaired) electrons. The fourth-order valence-corrected chi connectivity index (χ4v) is 2.26. The van der Waals surface area contributed by atoms with Crippen LogP contribution >= 0.6 is 0 Å². The number of hydrogen-bond acceptors (Lipinski definition) is 4. The lowest BCUT2D eigenvalue weighted by Crippen LogP contribution is -2.02. The summed E-state index contributed by atoms with van der Waals surface area (Å²) in [5.41, 5.74) is 5.75. The summed E-state index contributed by atoms with van der Waals surface area (Å²) in [5, 5.41) is 0. The lowest BCUT2D eigenvalue weighted by Gasteiger charge is -1.98. The van der Waals surface area contributed by atoms with E-state index in [1.54, 1.807) is 6.20 Å². The van der Waals surface area contributed by atoms with Crippen molar-refractivity contribution in [2.24, 2.45) is 11.7 Å². The first-order chi connectivity index (χ1) is 9.95. The van der Waals surface area contributed by atoms with E-state index < -0.39 is 0 Å². The normalized spacial score (nSPS) is 10.3. The molecule has 0 atom stereocenters. The van der Waals surface area contributed by atoms with Crippen LogP contribution in [0.2, 0.25) is 0 Å². The zero-order chi connectivity index (χ0) is 14.2. The van der Waals surface area contributed by atoms with E-state index in [9.17, 15) is 0 Å². The van der Waals surface area contributed by atoms with Crippen LogP contribution in [0.25, 0.3) is 11.1 Å². The van der Waals surface area contributed by atoms with Gasteiger partial charge >= 0.3 is 0 Å².